The molecular weight excluding hydrogens is 398 g/mol. The van der Waals surface area contributed by atoms with Crippen molar-refractivity contribution in [1.82, 2.24) is 9.97 Å². The molecule has 4 aromatic rings. The van der Waals surface area contributed by atoms with Gasteiger partial charge < -0.3 is 15.0 Å². The molecule has 0 saturated heterocycles. The van der Waals surface area contributed by atoms with Gasteiger partial charge in [0.15, 0.2) is 0 Å². The maximum atomic E-state index is 12.9. The number of hydrogen-bond donors (Lipinski definition) is 2. The second-order valence-corrected chi connectivity index (χ2v) is 8.07. The number of benzene rings is 2. The summed E-state index contributed by atoms with van der Waals surface area (Å²) in [5.74, 6) is 1.12. The Bertz CT molecular complexity index is 1340. The van der Waals surface area contributed by atoms with E-state index in [-0.39, 0.29) is 11.5 Å². The largest absolute Gasteiger partial charge is 0.488 e. The Morgan fingerprint density at radius 3 is 2.87 bits per heavy atom. The summed E-state index contributed by atoms with van der Waals surface area (Å²) in [5.41, 5.74) is 3.80. The Kier molecular flexibility index (Phi) is 4.44. The summed E-state index contributed by atoms with van der Waals surface area (Å²) in [6.07, 6.45) is 0. The van der Waals surface area contributed by atoms with Crippen LogP contribution in [0.3, 0.4) is 0 Å². The predicted molar refractivity (Wildman–Crippen MR) is 117 cm³/mol. The number of amides is 1. The molecule has 1 aliphatic rings. The minimum absolute atomic E-state index is 0.185. The minimum Gasteiger partial charge on any atom is -0.488 e. The van der Waals surface area contributed by atoms with Crippen LogP contribution in [0, 0.1) is 6.92 Å². The molecule has 3 heterocycles. The molecule has 0 fully saturated rings. The summed E-state index contributed by atoms with van der Waals surface area (Å²) in [4.78, 5) is 33.4. The van der Waals surface area contributed by atoms with Crippen LogP contribution in [-0.4, -0.2) is 15.9 Å². The van der Waals surface area contributed by atoms with Gasteiger partial charge in [0, 0.05) is 39.0 Å². The highest BCUT2D eigenvalue weighted by Crippen LogP contribution is 2.42. The molecule has 5 rings (SSSR count). The highest BCUT2D eigenvalue weighted by atomic mass is 32.1. The molecular formula is C23H17N3O3S. The number of H-pyrrole nitrogens is 1. The summed E-state index contributed by atoms with van der Waals surface area (Å²) in [7, 11) is 0. The monoisotopic (exact) mass is 415 g/mol. The lowest BCUT2D eigenvalue weighted by Crippen LogP contribution is -2.11. The first-order valence-corrected chi connectivity index (χ1v) is 10.2. The van der Waals surface area contributed by atoms with E-state index < -0.39 is 0 Å². The molecule has 30 heavy (non-hydrogen) atoms. The van der Waals surface area contributed by atoms with E-state index in [1.807, 2.05) is 42.5 Å². The van der Waals surface area contributed by atoms with Crippen LogP contribution in [0.15, 0.2) is 65.5 Å². The first-order chi connectivity index (χ1) is 14.6. The lowest BCUT2D eigenvalue weighted by molar-refractivity contribution is 0.103. The number of rotatable bonds is 3. The zero-order chi connectivity index (χ0) is 20.7. The van der Waals surface area contributed by atoms with Crippen molar-refractivity contribution < 1.29 is 9.53 Å². The molecule has 6 nitrogen and oxygen atoms in total. The van der Waals surface area contributed by atoms with E-state index in [2.05, 4.69) is 15.3 Å². The van der Waals surface area contributed by atoms with Gasteiger partial charge in [0.05, 0.1) is 4.88 Å². The van der Waals surface area contributed by atoms with E-state index in [1.165, 1.54) is 17.4 Å². The summed E-state index contributed by atoms with van der Waals surface area (Å²) < 4.78 is 5.78. The fourth-order valence-corrected chi connectivity index (χ4v) is 4.56. The number of ether oxygens (including phenoxy) is 1. The van der Waals surface area contributed by atoms with E-state index in [4.69, 9.17) is 4.74 Å². The predicted octanol–water partition coefficient (Wildman–Crippen LogP) is 4.62. The van der Waals surface area contributed by atoms with Crippen LogP contribution < -0.4 is 15.6 Å². The molecule has 2 aromatic carbocycles. The third kappa shape index (κ3) is 3.40. The summed E-state index contributed by atoms with van der Waals surface area (Å²) in [6.45, 7) is 2.22. The molecule has 148 valence electrons. The standard InChI is InChI=1S/C23H17N3O3S/c1-13-9-20(27)26-22(24-13)14-5-4-6-16(10-14)25-23(28)19-11-15-12-29-18-8-3-2-7-17(18)21(15)30-19/h2-11H,12H2,1H3,(H,25,28)(H,24,26,27). The van der Waals surface area contributed by atoms with Crippen LogP contribution in [0.1, 0.15) is 20.9 Å². The molecule has 1 aliphatic heterocycles. The second-order valence-electron chi connectivity index (χ2n) is 7.02. The van der Waals surface area contributed by atoms with Crippen LogP contribution in [-0.2, 0) is 6.61 Å². The van der Waals surface area contributed by atoms with Crippen molar-refractivity contribution in [3.8, 4) is 27.6 Å². The van der Waals surface area contributed by atoms with E-state index in [0.29, 0.717) is 28.7 Å². The van der Waals surface area contributed by atoms with Crippen molar-refractivity contribution in [2.24, 2.45) is 0 Å². The lowest BCUT2D eigenvalue weighted by Gasteiger charge is -2.16. The highest BCUT2D eigenvalue weighted by Gasteiger charge is 2.22. The van der Waals surface area contributed by atoms with Crippen molar-refractivity contribution in [3.63, 3.8) is 0 Å². The first-order valence-electron chi connectivity index (χ1n) is 9.41. The Morgan fingerprint density at radius 1 is 1.13 bits per heavy atom. The fraction of sp³-hybridized carbons (Fsp3) is 0.0870. The van der Waals surface area contributed by atoms with Gasteiger partial charge >= 0.3 is 0 Å². The lowest BCUT2D eigenvalue weighted by atomic mass is 10.1. The Labute approximate surface area is 176 Å². The van der Waals surface area contributed by atoms with Crippen molar-refractivity contribution >= 4 is 22.9 Å². The summed E-state index contributed by atoms with van der Waals surface area (Å²) in [5, 5.41) is 2.94. The van der Waals surface area contributed by atoms with Crippen LogP contribution in [0.4, 0.5) is 5.69 Å². The van der Waals surface area contributed by atoms with Gasteiger partial charge in [-0.2, -0.15) is 0 Å². The van der Waals surface area contributed by atoms with E-state index in [0.717, 1.165) is 27.3 Å². The molecule has 0 spiro atoms. The number of aryl methyl sites for hydroxylation is 1. The van der Waals surface area contributed by atoms with Crippen molar-refractivity contribution in [1.29, 1.82) is 0 Å². The molecule has 0 unspecified atom stereocenters. The number of fused-ring (bicyclic) bond motifs is 3. The van der Waals surface area contributed by atoms with E-state index in [1.54, 1.807) is 19.1 Å². The maximum absolute atomic E-state index is 12.9. The number of aromatic amines is 1. The molecule has 0 bridgehead atoms. The number of nitrogens with zero attached hydrogens (tertiary/aromatic N) is 1. The average Bonchev–Trinajstić information content (AvgIpc) is 3.18. The van der Waals surface area contributed by atoms with Crippen molar-refractivity contribution in [3.05, 3.63) is 87.2 Å². The highest BCUT2D eigenvalue weighted by molar-refractivity contribution is 7.17. The minimum atomic E-state index is -0.210. The van der Waals surface area contributed by atoms with Crippen LogP contribution >= 0.6 is 11.3 Å². The zero-order valence-electron chi connectivity index (χ0n) is 16.1. The summed E-state index contributed by atoms with van der Waals surface area (Å²) >= 11 is 1.46. The average molecular weight is 415 g/mol. The van der Waals surface area contributed by atoms with Gasteiger partial charge in [0.2, 0.25) is 0 Å². The third-order valence-electron chi connectivity index (χ3n) is 4.81. The van der Waals surface area contributed by atoms with Gasteiger partial charge in [-0.15, -0.1) is 11.3 Å². The van der Waals surface area contributed by atoms with Crippen LogP contribution in [0.2, 0.25) is 0 Å². The smallest absolute Gasteiger partial charge is 0.265 e. The van der Waals surface area contributed by atoms with Crippen LogP contribution in [0.25, 0.3) is 21.8 Å². The molecule has 0 radical (unpaired) electrons. The maximum Gasteiger partial charge on any atom is 0.265 e. The molecule has 7 heteroatoms. The molecule has 1 amide bonds. The van der Waals surface area contributed by atoms with Crippen LogP contribution in [0.5, 0.6) is 5.75 Å². The number of carbonyl (C=O) groups excluding carboxylic acids is 1. The Morgan fingerprint density at radius 2 is 2.00 bits per heavy atom. The zero-order valence-corrected chi connectivity index (χ0v) is 16.9. The molecule has 0 saturated carbocycles. The van der Waals surface area contributed by atoms with Crippen molar-refractivity contribution in [2.45, 2.75) is 13.5 Å². The number of nitrogens with one attached hydrogen (secondary N) is 2. The quantitative estimate of drug-likeness (QED) is 0.511. The van der Waals surface area contributed by atoms with Gasteiger partial charge in [-0.05, 0) is 37.3 Å². The summed E-state index contributed by atoms with van der Waals surface area (Å²) in [6, 6.07) is 18.4. The van der Waals surface area contributed by atoms with Crippen molar-refractivity contribution in [2.75, 3.05) is 5.32 Å². The van der Waals surface area contributed by atoms with E-state index >= 15 is 0 Å². The van der Waals surface area contributed by atoms with E-state index in [9.17, 15) is 9.59 Å². The first kappa shape index (κ1) is 18.3. The SMILES string of the molecule is Cc1cc(=O)[nH]c(-c2cccc(NC(=O)c3cc4c(s3)-c3ccccc3OC4)c2)n1. The topological polar surface area (TPSA) is 84.1 Å². The molecule has 0 atom stereocenters. The Hall–Kier alpha value is -3.71. The normalized spacial score (nSPS) is 11.9. The van der Waals surface area contributed by atoms with Gasteiger partial charge in [-0.1, -0.05) is 24.3 Å². The molecule has 2 N–H and O–H groups in total. The molecule has 2 aromatic heterocycles. The number of anilines is 1. The number of thiophene rings is 1. The van der Waals surface area contributed by atoms with Gasteiger partial charge in [0.1, 0.15) is 18.2 Å². The number of para-hydroxylation sites is 1. The van der Waals surface area contributed by atoms with Gasteiger partial charge in [-0.25, -0.2) is 4.98 Å². The number of hydrogen-bond acceptors (Lipinski definition) is 5. The number of carbonyl (C=O) groups is 1. The number of aromatic nitrogens is 2. The van der Waals surface area contributed by atoms with Gasteiger partial charge in [-0.3, -0.25) is 9.59 Å². The molecule has 0 aliphatic carbocycles. The second kappa shape index (κ2) is 7.27. The fourth-order valence-electron chi connectivity index (χ4n) is 3.46. The van der Waals surface area contributed by atoms with Gasteiger partial charge in [0.25, 0.3) is 11.5 Å². The third-order valence-corrected chi connectivity index (χ3v) is 6.02. The Balaban J connectivity index is 1.42.